The Hall–Kier alpha value is -1.23. The summed E-state index contributed by atoms with van der Waals surface area (Å²) in [6.07, 6.45) is 0.812. The summed E-state index contributed by atoms with van der Waals surface area (Å²) in [6, 6.07) is 2.17. The number of imidazole rings is 1. The Morgan fingerprint density at radius 2 is 2.00 bits per heavy atom. The first kappa shape index (κ1) is 12.2. The largest absolute Gasteiger partial charge is 0.328 e. The van der Waals surface area contributed by atoms with Crippen LogP contribution in [-0.4, -0.2) is 9.55 Å². The Morgan fingerprint density at radius 1 is 1.35 bits per heavy atom. The highest BCUT2D eigenvalue weighted by Gasteiger charge is 2.22. The Balaban J connectivity index is 2.89. The van der Waals surface area contributed by atoms with Gasteiger partial charge in [-0.3, -0.25) is 0 Å². The smallest absolute Gasteiger partial charge is 0.178 e. The van der Waals surface area contributed by atoms with Gasteiger partial charge in [-0.25, -0.2) is 8.78 Å². The molecule has 0 unspecified atom stereocenters. The van der Waals surface area contributed by atoms with Crippen LogP contribution < -0.4 is 0 Å². The highest BCUT2D eigenvalue weighted by atomic mass is 32.1. The van der Waals surface area contributed by atoms with E-state index in [4.69, 9.17) is 12.2 Å². The number of nitrogens with one attached hydrogen (secondary N) is 1. The van der Waals surface area contributed by atoms with Gasteiger partial charge < -0.3 is 9.55 Å². The predicted molar refractivity (Wildman–Crippen MR) is 66.7 cm³/mol. The first-order valence-corrected chi connectivity index (χ1v) is 5.88. The van der Waals surface area contributed by atoms with Gasteiger partial charge in [-0.15, -0.1) is 0 Å². The number of hydrogen-bond donors (Lipinski definition) is 1. The molecule has 0 bridgehead atoms. The molecule has 2 nitrogen and oxygen atoms in total. The second-order valence-corrected chi connectivity index (χ2v) is 5.10. The number of fused-ring (bicyclic) bond motifs is 1. The Labute approximate surface area is 103 Å². The molecule has 1 heterocycles. The Kier molecular flexibility index (Phi) is 2.81. The minimum absolute atomic E-state index is 0.262. The summed E-state index contributed by atoms with van der Waals surface area (Å²) < 4.78 is 29.1. The van der Waals surface area contributed by atoms with E-state index in [-0.39, 0.29) is 11.1 Å². The van der Waals surface area contributed by atoms with E-state index < -0.39 is 11.6 Å². The lowest BCUT2D eigenvalue weighted by Gasteiger charge is -2.25. The molecule has 1 aromatic carbocycles. The van der Waals surface area contributed by atoms with Crippen molar-refractivity contribution >= 4 is 23.3 Å². The van der Waals surface area contributed by atoms with Crippen LogP contribution >= 0.6 is 12.2 Å². The maximum Gasteiger partial charge on any atom is 0.178 e. The topological polar surface area (TPSA) is 20.7 Å². The summed E-state index contributed by atoms with van der Waals surface area (Å²) in [5, 5.41) is 0. The average molecular weight is 256 g/mol. The van der Waals surface area contributed by atoms with Crippen molar-refractivity contribution in [3.05, 3.63) is 28.5 Å². The van der Waals surface area contributed by atoms with E-state index in [1.165, 1.54) is 6.07 Å². The molecule has 0 saturated heterocycles. The van der Waals surface area contributed by atoms with E-state index in [2.05, 4.69) is 4.98 Å². The molecule has 17 heavy (non-hydrogen) atoms. The van der Waals surface area contributed by atoms with Crippen LogP contribution in [0.25, 0.3) is 11.0 Å². The van der Waals surface area contributed by atoms with Gasteiger partial charge in [-0.2, -0.15) is 0 Å². The molecule has 0 aliphatic carbocycles. The van der Waals surface area contributed by atoms with Gasteiger partial charge in [-0.05, 0) is 38.6 Å². The molecule has 0 radical (unpaired) electrons. The molecule has 2 aromatic rings. The molecule has 0 atom stereocenters. The SMILES string of the molecule is CCC(C)(C)n1c(=S)[nH]c2c(F)cc(F)cc21. The third-order valence-corrected chi connectivity index (χ3v) is 3.47. The number of aromatic nitrogens is 2. The molecule has 0 saturated carbocycles. The van der Waals surface area contributed by atoms with Gasteiger partial charge in [-0.1, -0.05) is 6.92 Å². The van der Waals surface area contributed by atoms with Crippen molar-refractivity contribution in [3.8, 4) is 0 Å². The summed E-state index contributed by atoms with van der Waals surface area (Å²) in [4.78, 5) is 2.80. The molecule has 1 N–H and O–H groups in total. The number of hydrogen-bond acceptors (Lipinski definition) is 1. The molecule has 2 rings (SSSR count). The van der Waals surface area contributed by atoms with Crippen LogP contribution in [0.1, 0.15) is 27.2 Å². The van der Waals surface area contributed by atoms with Crippen LogP contribution in [0, 0.1) is 16.4 Å². The van der Waals surface area contributed by atoms with Crippen LogP contribution in [0.2, 0.25) is 0 Å². The van der Waals surface area contributed by atoms with Gasteiger partial charge in [0.15, 0.2) is 10.6 Å². The molecule has 0 fully saturated rings. The fourth-order valence-electron chi connectivity index (χ4n) is 1.89. The molecule has 0 aliphatic rings. The Bertz CT molecular complexity index is 625. The van der Waals surface area contributed by atoms with Gasteiger partial charge in [0.2, 0.25) is 0 Å². The fourth-order valence-corrected chi connectivity index (χ4v) is 2.34. The molecule has 1 aromatic heterocycles. The zero-order valence-corrected chi connectivity index (χ0v) is 10.8. The molecule has 92 valence electrons. The fraction of sp³-hybridized carbons (Fsp3) is 0.417. The van der Waals surface area contributed by atoms with Crippen molar-refractivity contribution in [1.82, 2.24) is 9.55 Å². The average Bonchev–Trinajstić information content (AvgIpc) is 2.55. The van der Waals surface area contributed by atoms with Crippen molar-refractivity contribution in [2.24, 2.45) is 0 Å². The van der Waals surface area contributed by atoms with Gasteiger partial charge in [0, 0.05) is 11.6 Å². The lowest BCUT2D eigenvalue weighted by atomic mass is 10.0. The Morgan fingerprint density at radius 3 is 2.59 bits per heavy atom. The van der Waals surface area contributed by atoms with Crippen LogP contribution in [-0.2, 0) is 5.54 Å². The number of rotatable bonds is 2. The molecular formula is C12H14F2N2S. The quantitative estimate of drug-likeness (QED) is 0.801. The minimum Gasteiger partial charge on any atom is -0.328 e. The normalized spacial score (nSPS) is 12.3. The van der Waals surface area contributed by atoms with E-state index >= 15 is 0 Å². The zero-order chi connectivity index (χ0) is 12.8. The molecule has 0 aliphatic heterocycles. The van der Waals surface area contributed by atoms with Crippen molar-refractivity contribution in [2.45, 2.75) is 32.7 Å². The first-order chi connectivity index (χ1) is 7.86. The zero-order valence-electron chi connectivity index (χ0n) is 9.97. The lowest BCUT2D eigenvalue weighted by Crippen LogP contribution is -2.25. The monoisotopic (exact) mass is 256 g/mol. The van der Waals surface area contributed by atoms with Crippen molar-refractivity contribution in [2.75, 3.05) is 0 Å². The molecule has 0 spiro atoms. The standard InChI is InChI=1S/C12H14F2N2S/c1-4-12(2,3)16-9-6-7(13)5-8(14)10(9)15-11(16)17/h5-6H,4H2,1-3H3,(H,15,17). The van der Waals surface area contributed by atoms with Crippen molar-refractivity contribution < 1.29 is 8.78 Å². The first-order valence-electron chi connectivity index (χ1n) is 5.47. The number of aromatic amines is 1. The third-order valence-electron chi connectivity index (χ3n) is 3.18. The highest BCUT2D eigenvalue weighted by Crippen LogP contribution is 2.28. The maximum absolute atomic E-state index is 13.6. The van der Waals surface area contributed by atoms with Gasteiger partial charge in [0.1, 0.15) is 11.3 Å². The number of halogens is 2. The summed E-state index contributed by atoms with van der Waals surface area (Å²) in [7, 11) is 0. The second kappa shape index (κ2) is 3.91. The van der Waals surface area contributed by atoms with E-state index in [1.54, 1.807) is 4.57 Å². The third kappa shape index (κ3) is 1.88. The van der Waals surface area contributed by atoms with Crippen LogP contribution in [0.15, 0.2) is 12.1 Å². The maximum atomic E-state index is 13.6. The number of benzene rings is 1. The predicted octanol–water partition coefficient (Wildman–Crippen LogP) is 4.12. The van der Waals surface area contributed by atoms with E-state index in [0.29, 0.717) is 10.3 Å². The van der Waals surface area contributed by atoms with Crippen molar-refractivity contribution in [1.29, 1.82) is 0 Å². The minimum atomic E-state index is -0.614. The van der Waals surface area contributed by atoms with Gasteiger partial charge in [0.05, 0.1) is 5.52 Å². The number of nitrogens with zero attached hydrogens (tertiary/aromatic N) is 1. The number of H-pyrrole nitrogens is 1. The molecule has 0 amide bonds. The molecular weight excluding hydrogens is 242 g/mol. The summed E-state index contributed by atoms with van der Waals surface area (Å²) in [5.41, 5.74) is 0.451. The highest BCUT2D eigenvalue weighted by molar-refractivity contribution is 7.71. The van der Waals surface area contributed by atoms with Crippen LogP contribution in [0.3, 0.4) is 0 Å². The van der Waals surface area contributed by atoms with Crippen LogP contribution in [0.5, 0.6) is 0 Å². The second-order valence-electron chi connectivity index (χ2n) is 4.71. The van der Waals surface area contributed by atoms with E-state index in [0.717, 1.165) is 12.5 Å². The van der Waals surface area contributed by atoms with Gasteiger partial charge >= 0.3 is 0 Å². The van der Waals surface area contributed by atoms with Crippen molar-refractivity contribution in [3.63, 3.8) is 0 Å². The van der Waals surface area contributed by atoms with Gasteiger partial charge in [0.25, 0.3) is 0 Å². The van der Waals surface area contributed by atoms with E-state index in [1.807, 2.05) is 20.8 Å². The summed E-state index contributed by atoms with van der Waals surface area (Å²) in [5.74, 6) is -1.21. The lowest BCUT2D eigenvalue weighted by molar-refractivity contribution is 0.348. The van der Waals surface area contributed by atoms with Crippen LogP contribution in [0.4, 0.5) is 8.78 Å². The van der Waals surface area contributed by atoms with E-state index in [9.17, 15) is 8.78 Å². The summed E-state index contributed by atoms with van der Waals surface area (Å²) >= 11 is 5.19. The summed E-state index contributed by atoms with van der Waals surface area (Å²) in [6.45, 7) is 5.98. The molecule has 5 heteroatoms.